The molecule has 3 aromatic rings. The summed E-state index contributed by atoms with van der Waals surface area (Å²) >= 11 is 0. The maximum absolute atomic E-state index is 13.5. The molecule has 0 spiro atoms. The molecule has 1 aromatic heterocycles. The molecule has 0 fully saturated rings. The molecule has 0 aliphatic heterocycles. The van der Waals surface area contributed by atoms with Crippen LogP contribution in [-0.4, -0.2) is 16.1 Å². The molecule has 1 aliphatic rings. The number of carboxylic acid groups (broad SMARTS) is 1. The molecule has 0 saturated heterocycles. The number of nitrogens with zero attached hydrogens (tertiary/aromatic N) is 1. The van der Waals surface area contributed by atoms with Crippen molar-refractivity contribution in [2.24, 2.45) is 0 Å². The zero-order chi connectivity index (χ0) is 26.1. The van der Waals surface area contributed by atoms with E-state index < -0.39 is 35.1 Å². The lowest BCUT2D eigenvalue weighted by molar-refractivity contribution is -0.141. The Morgan fingerprint density at radius 2 is 1.61 bits per heavy atom. The molecular weight excluding hydrogens is 488 g/mol. The second kappa shape index (κ2) is 9.67. The maximum atomic E-state index is 13.5. The molecule has 2 aromatic carbocycles. The third-order valence-corrected chi connectivity index (χ3v) is 5.82. The number of pyridine rings is 1. The first-order valence-corrected chi connectivity index (χ1v) is 10.9. The summed E-state index contributed by atoms with van der Waals surface area (Å²) in [5.74, 6) is -1.62. The number of aromatic nitrogens is 1. The van der Waals surface area contributed by atoms with Crippen molar-refractivity contribution in [1.82, 2.24) is 4.98 Å². The molecule has 1 N–H and O–H groups in total. The van der Waals surface area contributed by atoms with Crippen LogP contribution in [0.4, 0.5) is 26.3 Å². The fraction of sp³-hybridized carbons (Fsp3) is 0.231. The molecule has 0 unspecified atom stereocenters. The Bertz CT molecular complexity index is 1310. The second-order valence-corrected chi connectivity index (χ2v) is 8.22. The smallest absolute Gasteiger partial charge is 0.434 e. The number of rotatable bonds is 6. The van der Waals surface area contributed by atoms with Gasteiger partial charge in [0.1, 0.15) is 12.4 Å². The van der Waals surface area contributed by atoms with E-state index in [4.69, 9.17) is 4.74 Å². The van der Waals surface area contributed by atoms with Gasteiger partial charge >= 0.3 is 18.3 Å². The van der Waals surface area contributed by atoms with Crippen molar-refractivity contribution in [3.63, 3.8) is 0 Å². The molecule has 4 nitrogen and oxygen atoms in total. The average molecular weight is 507 g/mol. The number of allylic oxidation sites excluding steroid dienone is 2. The molecule has 36 heavy (non-hydrogen) atoms. The Hall–Kier alpha value is -3.82. The summed E-state index contributed by atoms with van der Waals surface area (Å²) in [6, 6.07) is 12.9. The highest BCUT2D eigenvalue weighted by Gasteiger charge is 2.38. The molecule has 1 aliphatic carbocycles. The molecule has 10 heteroatoms. The van der Waals surface area contributed by atoms with Crippen LogP contribution in [0.3, 0.4) is 0 Å². The SMILES string of the molecule is O=C(O)c1cc(C2=C(c3cc(C(F)(F)F)ccc3OCc3ccccc3)CCC2)cnc1C(F)(F)F. The van der Waals surface area contributed by atoms with Gasteiger partial charge in [0.2, 0.25) is 0 Å². The number of carbonyl (C=O) groups is 1. The van der Waals surface area contributed by atoms with E-state index >= 15 is 0 Å². The number of benzene rings is 2. The first-order chi connectivity index (χ1) is 16.9. The van der Waals surface area contributed by atoms with Crippen molar-refractivity contribution < 1.29 is 41.0 Å². The van der Waals surface area contributed by atoms with Crippen molar-refractivity contribution in [2.45, 2.75) is 38.2 Å². The third kappa shape index (κ3) is 5.37. The van der Waals surface area contributed by atoms with E-state index in [0.29, 0.717) is 30.4 Å². The van der Waals surface area contributed by atoms with Crippen LogP contribution in [0.2, 0.25) is 0 Å². The van der Waals surface area contributed by atoms with E-state index in [-0.39, 0.29) is 23.5 Å². The highest BCUT2D eigenvalue weighted by Crippen LogP contribution is 2.45. The standard InChI is InChI=1S/C26H19F6NO3/c27-25(28,29)17-9-10-22(36-14-15-5-2-1-3-6-15)20(12-17)19-8-4-7-18(19)16-11-21(24(34)35)23(33-13-16)26(30,31)32/h1-3,5-6,9-13H,4,7-8,14H2,(H,34,35). The number of halogens is 6. The first kappa shape index (κ1) is 25.3. The number of alkyl halides is 6. The van der Waals surface area contributed by atoms with E-state index in [0.717, 1.165) is 30.0 Å². The highest BCUT2D eigenvalue weighted by atomic mass is 19.4. The van der Waals surface area contributed by atoms with Crippen LogP contribution in [0.15, 0.2) is 60.8 Å². The number of aromatic carboxylic acids is 1. The lowest BCUT2D eigenvalue weighted by Gasteiger charge is -2.18. The molecule has 188 valence electrons. The minimum Gasteiger partial charge on any atom is -0.488 e. The maximum Gasteiger partial charge on any atom is 0.434 e. The van der Waals surface area contributed by atoms with E-state index in [9.17, 15) is 36.2 Å². The summed E-state index contributed by atoms with van der Waals surface area (Å²) in [6.45, 7) is 0.0901. The summed E-state index contributed by atoms with van der Waals surface area (Å²) < 4.78 is 86.1. The van der Waals surface area contributed by atoms with Crippen molar-refractivity contribution in [3.05, 3.63) is 94.3 Å². The van der Waals surface area contributed by atoms with Gasteiger partial charge in [-0.2, -0.15) is 26.3 Å². The second-order valence-electron chi connectivity index (χ2n) is 8.22. The van der Waals surface area contributed by atoms with Crippen molar-refractivity contribution in [2.75, 3.05) is 0 Å². The van der Waals surface area contributed by atoms with E-state index in [1.54, 1.807) is 24.3 Å². The Morgan fingerprint density at radius 1 is 0.917 bits per heavy atom. The summed E-state index contributed by atoms with van der Waals surface area (Å²) in [4.78, 5) is 14.9. The zero-order valence-corrected chi connectivity index (χ0v) is 18.6. The van der Waals surface area contributed by atoms with Crippen LogP contribution in [0.5, 0.6) is 5.75 Å². The van der Waals surface area contributed by atoms with Gasteiger partial charge in [0, 0.05) is 11.8 Å². The molecule has 1 heterocycles. The quantitative estimate of drug-likeness (QED) is 0.351. The number of carboxylic acids is 1. The lowest BCUT2D eigenvalue weighted by Crippen LogP contribution is -2.15. The van der Waals surface area contributed by atoms with E-state index in [2.05, 4.69) is 4.98 Å². The van der Waals surface area contributed by atoms with Gasteiger partial charge in [0.15, 0.2) is 5.69 Å². The van der Waals surface area contributed by atoms with Crippen LogP contribution in [0.25, 0.3) is 11.1 Å². The normalized spacial score (nSPS) is 14.3. The van der Waals surface area contributed by atoms with Crippen LogP contribution >= 0.6 is 0 Å². The summed E-state index contributed by atoms with van der Waals surface area (Å²) in [7, 11) is 0. The molecular formula is C26H19F6NO3. The summed E-state index contributed by atoms with van der Waals surface area (Å²) in [5.41, 5.74) is -1.52. The van der Waals surface area contributed by atoms with Crippen LogP contribution in [0.1, 0.15) is 57.6 Å². The van der Waals surface area contributed by atoms with Crippen LogP contribution in [-0.2, 0) is 19.0 Å². The lowest BCUT2D eigenvalue weighted by atomic mass is 9.94. The van der Waals surface area contributed by atoms with Gasteiger partial charge in [-0.3, -0.25) is 4.98 Å². The first-order valence-electron chi connectivity index (χ1n) is 10.9. The average Bonchev–Trinajstić information content (AvgIpc) is 3.31. The minimum absolute atomic E-state index is 0.0901. The summed E-state index contributed by atoms with van der Waals surface area (Å²) in [6.07, 6.45) is -7.51. The van der Waals surface area contributed by atoms with Gasteiger partial charge in [0.05, 0.1) is 11.1 Å². The predicted molar refractivity (Wildman–Crippen MR) is 119 cm³/mol. The van der Waals surface area contributed by atoms with Gasteiger partial charge in [-0.15, -0.1) is 0 Å². The Kier molecular flexibility index (Phi) is 6.79. The largest absolute Gasteiger partial charge is 0.488 e. The van der Waals surface area contributed by atoms with Crippen molar-refractivity contribution in [1.29, 1.82) is 0 Å². The Balaban J connectivity index is 1.82. The minimum atomic E-state index is -4.97. The van der Waals surface area contributed by atoms with E-state index in [1.807, 2.05) is 6.07 Å². The topological polar surface area (TPSA) is 59.4 Å². The fourth-order valence-corrected chi connectivity index (χ4v) is 4.18. The van der Waals surface area contributed by atoms with Gasteiger partial charge < -0.3 is 9.84 Å². The van der Waals surface area contributed by atoms with Crippen molar-refractivity contribution in [3.8, 4) is 5.75 Å². The Labute approximate surface area is 201 Å². The fourth-order valence-electron chi connectivity index (χ4n) is 4.18. The molecule has 0 bridgehead atoms. The molecule has 4 rings (SSSR count). The van der Waals surface area contributed by atoms with Crippen LogP contribution < -0.4 is 4.74 Å². The number of hydrogen-bond acceptors (Lipinski definition) is 3. The summed E-state index contributed by atoms with van der Waals surface area (Å²) in [5, 5.41) is 9.33. The van der Waals surface area contributed by atoms with Gasteiger partial charge in [-0.05, 0) is 65.8 Å². The van der Waals surface area contributed by atoms with Gasteiger partial charge in [-0.1, -0.05) is 30.3 Å². The monoisotopic (exact) mass is 507 g/mol. The molecule has 0 saturated carbocycles. The van der Waals surface area contributed by atoms with Gasteiger partial charge in [-0.25, -0.2) is 4.79 Å². The predicted octanol–water partition coefficient (Wildman–Crippen LogP) is 7.49. The zero-order valence-electron chi connectivity index (χ0n) is 18.6. The number of hydrogen-bond donors (Lipinski definition) is 1. The highest BCUT2D eigenvalue weighted by molar-refractivity contribution is 5.96. The third-order valence-electron chi connectivity index (χ3n) is 5.82. The molecule has 0 radical (unpaired) electrons. The van der Waals surface area contributed by atoms with Crippen LogP contribution in [0, 0.1) is 0 Å². The number of ether oxygens (including phenoxy) is 1. The Morgan fingerprint density at radius 3 is 2.25 bits per heavy atom. The molecule has 0 amide bonds. The van der Waals surface area contributed by atoms with Gasteiger partial charge in [0.25, 0.3) is 0 Å². The molecule has 0 atom stereocenters. The van der Waals surface area contributed by atoms with E-state index in [1.165, 1.54) is 6.07 Å². The van der Waals surface area contributed by atoms with Crippen molar-refractivity contribution >= 4 is 17.1 Å².